The number of ether oxygens (including phenoxy) is 1. The van der Waals surface area contributed by atoms with E-state index >= 15 is 0 Å². The number of carbonyl (C=O) groups is 4. The first-order chi connectivity index (χ1) is 15.7. The molecule has 0 saturated heterocycles. The minimum absolute atomic E-state index is 0.0217. The third-order valence-electron chi connectivity index (χ3n) is 5.12. The summed E-state index contributed by atoms with van der Waals surface area (Å²) in [5, 5.41) is 5.51. The van der Waals surface area contributed by atoms with Gasteiger partial charge in [0.25, 0.3) is 0 Å². The average molecular weight is 477 g/mol. The van der Waals surface area contributed by atoms with Gasteiger partial charge in [-0.25, -0.2) is 4.79 Å². The minimum Gasteiger partial charge on any atom is -0.444 e. The molecule has 1 aromatic carbocycles. The van der Waals surface area contributed by atoms with Gasteiger partial charge in [-0.15, -0.1) is 0 Å². The number of primary amides is 1. The molecule has 9 nitrogen and oxygen atoms in total. The normalized spacial score (nSPS) is 13.9. The van der Waals surface area contributed by atoms with Crippen molar-refractivity contribution in [2.45, 2.75) is 91.0 Å². The summed E-state index contributed by atoms with van der Waals surface area (Å²) in [7, 11) is 1.51. The molecule has 3 unspecified atom stereocenters. The van der Waals surface area contributed by atoms with Gasteiger partial charge in [0, 0.05) is 19.5 Å². The van der Waals surface area contributed by atoms with Crippen LogP contribution in [0.4, 0.5) is 4.79 Å². The number of hydrogen-bond donors (Lipinski definition) is 3. The van der Waals surface area contributed by atoms with Crippen LogP contribution >= 0.6 is 0 Å². The van der Waals surface area contributed by atoms with E-state index in [1.807, 2.05) is 39.0 Å². The highest BCUT2D eigenvalue weighted by Gasteiger charge is 2.34. The van der Waals surface area contributed by atoms with Gasteiger partial charge in [-0.2, -0.15) is 0 Å². The van der Waals surface area contributed by atoms with Crippen molar-refractivity contribution in [2.24, 2.45) is 5.73 Å². The van der Waals surface area contributed by atoms with Gasteiger partial charge >= 0.3 is 6.09 Å². The molecule has 0 fully saturated rings. The number of benzene rings is 1. The van der Waals surface area contributed by atoms with Crippen molar-refractivity contribution < 1.29 is 23.9 Å². The second-order valence-electron chi connectivity index (χ2n) is 9.67. The van der Waals surface area contributed by atoms with Crippen molar-refractivity contribution in [1.29, 1.82) is 0 Å². The molecule has 3 atom stereocenters. The lowest BCUT2D eigenvalue weighted by Crippen LogP contribution is -2.52. The Balaban J connectivity index is 3.26. The van der Waals surface area contributed by atoms with Crippen LogP contribution in [-0.4, -0.2) is 53.4 Å². The molecule has 0 aliphatic carbocycles. The molecule has 1 aromatic rings. The highest BCUT2D eigenvalue weighted by Crippen LogP contribution is 2.23. The van der Waals surface area contributed by atoms with Gasteiger partial charge in [0.15, 0.2) is 0 Å². The molecule has 9 heteroatoms. The number of amides is 4. The van der Waals surface area contributed by atoms with Crippen molar-refractivity contribution in [2.75, 3.05) is 7.05 Å². The highest BCUT2D eigenvalue weighted by atomic mass is 16.6. The molecule has 0 bridgehead atoms. The van der Waals surface area contributed by atoms with Crippen LogP contribution in [0.2, 0.25) is 0 Å². The molecule has 4 N–H and O–H groups in total. The zero-order valence-corrected chi connectivity index (χ0v) is 21.4. The van der Waals surface area contributed by atoms with Crippen LogP contribution in [-0.2, 0) is 19.1 Å². The molecule has 1 rings (SSSR count). The summed E-state index contributed by atoms with van der Waals surface area (Å²) in [6, 6.07) is 5.26. The first kappa shape index (κ1) is 28.9. The summed E-state index contributed by atoms with van der Waals surface area (Å²) in [5.41, 5.74) is 6.09. The predicted octanol–water partition coefficient (Wildman–Crippen LogP) is 2.96. The standard InChI is InChI=1S/C25H40N4O5/c1-8-10-17(3)27-22(31)21(18-12-9-11-16(2)15-18)29(7)23(32)19(13-14-20(26)30)28-24(33)34-25(4,5)6/h9,11-12,15,17,19,21H,8,10,13-14H2,1-7H3,(H2,26,30)(H,27,31)(H,28,33). The summed E-state index contributed by atoms with van der Waals surface area (Å²) in [6.45, 7) is 11.0. The van der Waals surface area contributed by atoms with E-state index in [1.54, 1.807) is 26.8 Å². The van der Waals surface area contributed by atoms with Crippen LogP contribution < -0.4 is 16.4 Å². The molecule has 190 valence electrons. The Morgan fingerprint density at radius 1 is 1.12 bits per heavy atom. The maximum atomic E-state index is 13.5. The lowest BCUT2D eigenvalue weighted by atomic mass is 10.00. The number of nitrogens with two attached hydrogens (primary N) is 1. The van der Waals surface area contributed by atoms with Gasteiger partial charge in [0.05, 0.1) is 0 Å². The van der Waals surface area contributed by atoms with E-state index in [9.17, 15) is 19.2 Å². The molecule has 0 saturated carbocycles. The van der Waals surface area contributed by atoms with Gasteiger partial charge in [0.2, 0.25) is 17.7 Å². The fourth-order valence-corrected chi connectivity index (χ4v) is 3.58. The largest absolute Gasteiger partial charge is 0.444 e. The smallest absolute Gasteiger partial charge is 0.408 e. The van der Waals surface area contributed by atoms with Gasteiger partial charge in [0.1, 0.15) is 17.7 Å². The molecule has 0 spiro atoms. The number of rotatable bonds is 11. The topological polar surface area (TPSA) is 131 Å². The molecule has 0 aliphatic heterocycles. The van der Waals surface area contributed by atoms with Crippen LogP contribution in [0.5, 0.6) is 0 Å². The van der Waals surface area contributed by atoms with Crippen LogP contribution in [0.15, 0.2) is 24.3 Å². The van der Waals surface area contributed by atoms with Crippen molar-refractivity contribution in [1.82, 2.24) is 15.5 Å². The Labute approximate surface area is 202 Å². The van der Waals surface area contributed by atoms with Gasteiger partial charge in [-0.3, -0.25) is 14.4 Å². The van der Waals surface area contributed by atoms with Crippen molar-refractivity contribution in [3.63, 3.8) is 0 Å². The Kier molecular flexibility index (Phi) is 11.0. The van der Waals surface area contributed by atoms with E-state index in [0.29, 0.717) is 5.56 Å². The molecule has 0 heterocycles. The quantitative estimate of drug-likeness (QED) is 0.452. The third kappa shape index (κ3) is 9.80. The number of nitrogens with zero attached hydrogens (tertiary/aromatic N) is 1. The summed E-state index contributed by atoms with van der Waals surface area (Å²) < 4.78 is 5.28. The van der Waals surface area contributed by atoms with Crippen LogP contribution in [0, 0.1) is 6.92 Å². The molecule has 0 aromatic heterocycles. The van der Waals surface area contributed by atoms with Gasteiger partial charge in [-0.05, 0) is 53.0 Å². The molecule has 34 heavy (non-hydrogen) atoms. The van der Waals surface area contributed by atoms with Crippen LogP contribution in [0.1, 0.15) is 77.5 Å². The van der Waals surface area contributed by atoms with E-state index in [0.717, 1.165) is 18.4 Å². The second-order valence-corrected chi connectivity index (χ2v) is 9.67. The SMILES string of the molecule is CCCC(C)NC(=O)C(c1cccc(C)c1)N(C)C(=O)C(CCC(N)=O)NC(=O)OC(C)(C)C. The summed E-state index contributed by atoms with van der Waals surface area (Å²) in [6.07, 6.45) is 0.768. The fourth-order valence-electron chi connectivity index (χ4n) is 3.58. The van der Waals surface area contributed by atoms with E-state index in [1.165, 1.54) is 11.9 Å². The van der Waals surface area contributed by atoms with Crippen LogP contribution in [0.3, 0.4) is 0 Å². The first-order valence-electron chi connectivity index (χ1n) is 11.7. The third-order valence-corrected chi connectivity index (χ3v) is 5.12. The number of hydrogen-bond acceptors (Lipinski definition) is 5. The number of nitrogens with one attached hydrogen (secondary N) is 2. The number of alkyl carbamates (subject to hydrolysis) is 1. The van der Waals surface area contributed by atoms with Crippen molar-refractivity contribution in [3.8, 4) is 0 Å². The average Bonchev–Trinajstić information content (AvgIpc) is 2.69. The number of likely N-dealkylation sites (N-methyl/N-ethyl adjacent to an activating group) is 1. The van der Waals surface area contributed by atoms with Crippen molar-refractivity contribution >= 4 is 23.8 Å². The van der Waals surface area contributed by atoms with Crippen molar-refractivity contribution in [3.05, 3.63) is 35.4 Å². The summed E-state index contributed by atoms with van der Waals surface area (Å²) in [5.74, 6) is -1.46. The lowest BCUT2D eigenvalue weighted by molar-refractivity contribution is -0.141. The molecule has 0 aliphatic rings. The van der Waals surface area contributed by atoms with E-state index in [4.69, 9.17) is 10.5 Å². The molecule has 4 amide bonds. The van der Waals surface area contributed by atoms with E-state index < -0.39 is 35.6 Å². The Bertz CT molecular complexity index is 865. The number of aryl methyl sites for hydroxylation is 1. The molecular formula is C25H40N4O5. The summed E-state index contributed by atoms with van der Waals surface area (Å²) >= 11 is 0. The fraction of sp³-hybridized carbons (Fsp3) is 0.600. The Morgan fingerprint density at radius 2 is 1.76 bits per heavy atom. The molecular weight excluding hydrogens is 436 g/mol. The van der Waals surface area contributed by atoms with Crippen LogP contribution in [0.25, 0.3) is 0 Å². The highest BCUT2D eigenvalue weighted by molar-refractivity contribution is 5.92. The Morgan fingerprint density at radius 3 is 2.29 bits per heavy atom. The monoisotopic (exact) mass is 476 g/mol. The van der Waals surface area contributed by atoms with Gasteiger partial charge < -0.3 is 26.0 Å². The minimum atomic E-state index is -1.10. The lowest BCUT2D eigenvalue weighted by Gasteiger charge is -2.32. The maximum absolute atomic E-state index is 13.5. The first-order valence-corrected chi connectivity index (χ1v) is 11.7. The number of carbonyl (C=O) groups excluding carboxylic acids is 4. The maximum Gasteiger partial charge on any atom is 0.408 e. The molecule has 0 radical (unpaired) electrons. The van der Waals surface area contributed by atoms with E-state index in [-0.39, 0.29) is 24.8 Å². The zero-order chi connectivity index (χ0) is 26.1. The predicted molar refractivity (Wildman–Crippen MR) is 131 cm³/mol. The zero-order valence-electron chi connectivity index (χ0n) is 21.4. The summed E-state index contributed by atoms with van der Waals surface area (Å²) in [4.78, 5) is 51.8. The van der Waals surface area contributed by atoms with Gasteiger partial charge in [-0.1, -0.05) is 43.2 Å². The van der Waals surface area contributed by atoms with E-state index in [2.05, 4.69) is 10.6 Å². The Hall–Kier alpha value is -3.10. The second kappa shape index (κ2) is 13.0.